The van der Waals surface area contributed by atoms with Gasteiger partial charge in [-0.15, -0.1) is 10.2 Å². The van der Waals surface area contributed by atoms with Gasteiger partial charge in [-0.05, 0) is 29.5 Å². The Morgan fingerprint density at radius 2 is 1.86 bits per heavy atom. The van der Waals surface area contributed by atoms with E-state index in [1.807, 2.05) is 0 Å². The number of ketones is 1. The van der Waals surface area contributed by atoms with Gasteiger partial charge in [-0.3, -0.25) is 4.79 Å². The highest BCUT2D eigenvalue weighted by molar-refractivity contribution is 6.33. The van der Waals surface area contributed by atoms with Gasteiger partial charge in [-0.2, -0.15) is 4.80 Å². The SMILES string of the molecule is O=C(Cn1nnc(-c2ccccc2Cl)n1)c1ccccc1F. The van der Waals surface area contributed by atoms with Crippen molar-refractivity contribution in [2.24, 2.45) is 0 Å². The minimum absolute atomic E-state index is 0.000839. The average Bonchev–Trinajstić information content (AvgIpc) is 2.96. The number of hydrogen-bond donors (Lipinski definition) is 0. The summed E-state index contributed by atoms with van der Waals surface area (Å²) in [7, 11) is 0. The third kappa shape index (κ3) is 2.87. The average molecular weight is 317 g/mol. The zero-order chi connectivity index (χ0) is 15.5. The summed E-state index contributed by atoms with van der Waals surface area (Å²) in [6.07, 6.45) is 0. The molecule has 0 saturated heterocycles. The number of rotatable bonds is 4. The maximum atomic E-state index is 13.6. The van der Waals surface area contributed by atoms with Crippen LogP contribution in [0.2, 0.25) is 5.02 Å². The van der Waals surface area contributed by atoms with Crippen LogP contribution in [0.3, 0.4) is 0 Å². The van der Waals surface area contributed by atoms with Gasteiger partial charge in [0.2, 0.25) is 5.82 Å². The second-order valence-electron chi connectivity index (χ2n) is 4.53. The molecule has 0 aliphatic heterocycles. The van der Waals surface area contributed by atoms with Crippen molar-refractivity contribution in [2.75, 3.05) is 0 Å². The lowest BCUT2D eigenvalue weighted by atomic mass is 10.1. The molecule has 0 radical (unpaired) electrons. The van der Waals surface area contributed by atoms with Crippen molar-refractivity contribution in [2.45, 2.75) is 6.54 Å². The molecule has 5 nitrogen and oxygen atoms in total. The van der Waals surface area contributed by atoms with Gasteiger partial charge in [0, 0.05) is 5.56 Å². The summed E-state index contributed by atoms with van der Waals surface area (Å²) in [6.45, 7) is -0.196. The van der Waals surface area contributed by atoms with Crippen LogP contribution in [-0.4, -0.2) is 26.0 Å². The van der Waals surface area contributed by atoms with Gasteiger partial charge in [0.1, 0.15) is 12.4 Å². The van der Waals surface area contributed by atoms with Crippen molar-refractivity contribution in [3.63, 3.8) is 0 Å². The fourth-order valence-corrected chi connectivity index (χ4v) is 2.18. The summed E-state index contributed by atoms with van der Waals surface area (Å²) in [5.74, 6) is -0.688. The van der Waals surface area contributed by atoms with E-state index in [2.05, 4.69) is 15.4 Å². The molecule has 0 spiro atoms. The van der Waals surface area contributed by atoms with Gasteiger partial charge in [0.25, 0.3) is 0 Å². The van der Waals surface area contributed by atoms with Crippen LogP contribution in [0, 0.1) is 5.82 Å². The van der Waals surface area contributed by atoms with Gasteiger partial charge in [-0.25, -0.2) is 4.39 Å². The first-order valence-corrected chi connectivity index (χ1v) is 6.83. The summed E-state index contributed by atoms with van der Waals surface area (Å²) in [4.78, 5) is 13.2. The van der Waals surface area contributed by atoms with Gasteiger partial charge >= 0.3 is 0 Å². The fraction of sp³-hybridized carbons (Fsp3) is 0.0667. The van der Waals surface area contributed by atoms with Gasteiger partial charge in [0.15, 0.2) is 5.78 Å². The normalized spacial score (nSPS) is 10.6. The van der Waals surface area contributed by atoms with Crippen molar-refractivity contribution in [3.05, 3.63) is 64.9 Å². The number of halogens is 2. The summed E-state index contributed by atoms with van der Waals surface area (Å²) < 4.78 is 13.6. The van der Waals surface area contributed by atoms with Crippen LogP contribution in [0.1, 0.15) is 10.4 Å². The van der Waals surface area contributed by atoms with Crippen LogP contribution < -0.4 is 0 Å². The van der Waals surface area contributed by atoms with Gasteiger partial charge in [-0.1, -0.05) is 35.9 Å². The first kappa shape index (κ1) is 14.3. The summed E-state index contributed by atoms with van der Waals surface area (Å²) in [6, 6.07) is 12.8. The molecule has 1 heterocycles. The highest BCUT2D eigenvalue weighted by Gasteiger charge is 2.15. The van der Waals surface area contributed by atoms with Crippen LogP contribution in [0.4, 0.5) is 4.39 Å². The van der Waals surface area contributed by atoms with E-state index in [0.29, 0.717) is 16.4 Å². The number of Topliss-reactive ketones (excluding diaryl/α,β-unsaturated/α-hetero) is 1. The van der Waals surface area contributed by atoms with E-state index in [4.69, 9.17) is 11.6 Å². The monoisotopic (exact) mass is 316 g/mol. The maximum absolute atomic E-state index is 13.6. The minimum atomic E-state index is -0.570. The van der Waals surface area contributed by atoms with Crippen LogP contribution >= 0.6 is 11.6 Å². The minimum Gasteiger partial charge on any atom is -0.292 e. The molecule has 0 N–H and O–H groups in total. The molecule has 0 amide bonds. The van der Waals surface area contributed by atoms with Gasteiger partial charge < -0.3 is 0 Å². The van der Waals surface area contributed by atoms with Crippen LogP contribution in [-0.2, 0) is 6.54 Å². The third-order valence-electron chi connectivity index (χ3n) is 3.03. The summed E-state index contributed by atoms with van der Waals surface area (Å²) >= 11 is 6.06. The molecule has 7 heteroatoms. The Hall–Kier alpha value is -2.60. The molecule has 0 bridgehead atoms. The molecule has 0 aliphatic rings. The molecule has 0 atom stereocenters. The predicted octanol–water partition coefficient (Wildman–Crippen LogP) is 3.02. The maximum Gasteiger partial charge on any atom is 0.206 e. The van der Waals surface area contributed by atoms with E-state index in [9.17, 15) is 9.18 Å². The lowest BCUT2D eigenvalue weighted by molar-refractivity contribution is 0.0957. The Morgan fingerprint density at radius 1 is 1.14 bits per heavy atom. The number of nitrogens with zero attached hydrogens (tertiary/aromatic N) is 4. The lowest BCUT2D eigenvalue weighted by Gasteiger charge is -2.01. The van der Waals surface area contributed by atoms with E-state index in [-0.39, 0.29) is 12.1 Å². The van der Waals surface area contributed by atoms with E-state index in [1.165, 1.54) is 18.2 Å². The van der Waals surface area contributed by atoms with E-state index >= 15 is 0 Å². The van der Waals surface area contributed by atoms with E-state index in [1.54, 1.807) is 30.3 Å². The van der Waals surface area contributed by atoms with Crippen molar-refractivity contribution < 1.29 is 9.18 Å². The number of benzene rings is 2. The smallest absolute Gasteiger partial charge is 0.206 e. The molecule has 3 aromatic rings. The molecular formula is C15H10ClFN4O. The number of aromatic nitrogens is 4. The Bertz CT molecular complexity index is 834. The zero-order valence-corrected chi connectivity index (χ0v) is 12.0. The fourth-order valence-electron chi connectivity index (χ4n) is 1.96. The molecule has 0 fully saturated rings. The number of carbonyl (C=O) groups is 1. The molecule has 22 heavy (non-hydrogen) atoms. The molecular weight excluding hydrogens is 307 g/mol. The first-order chi connectivity index (χ1) is 10.6. The lowest BCUT2D eigenvalue weighted by Crippen LogP contribution is -2.14. The molecule has 110 valence electrons. The first-order valence-electron chi connectivity index (χ1n) is 6.45. The third-order valence-corrected chi connectivity index (χ3v) is 3.36. The number of carbonyl (C=O) groups excluding carboxylic acids is 1. The molecule has 0 saturated carbocycles. The quantitative estimate of drug-likeness (QED) is 0.694. The van der Waals surface area contributed by atoms with Crippen molar-refractivity contribution in [1.82, 2.24) is 20.2 Å². The Morgan fingerprint density at radius 3 is 2.64 bits per heavy atom. The zero-order valence-electron chi connectivity index (χ0n) is 11.3. The second-order valence-corrected chi connectivity index (χ2v) is 4.93. The molecule has 0 unspecified atom stereocenters. The van der Waals surface area contributed by atoms with Crippen molar-refractivity contribution in [3.8, 4) is 11.4 Å². The summed E-state index contributed by atoms with van der Waals surface area (Å²) in [5.41, 5.74) is 0.618. The highest BCUT2D eigenvalue weighted by atomic mass is 35.5. The van der Waals surface area contributed by atoms with Crippen molar-refractivity contribution in [1.29, 1.82) is 0 Å². The molecule has 3 rings (SSSR count). The Labute approximate surface area is 130 Å². The Balaban J connectivity index is 1.82. The van der Waals surface area contributed by atoms with Crippen molar-refractivity contribution >= 4 is 17.4 Å². The molecule has 1 aromatic heterocycles. The predicted molar refractivity (Wildman–Crippen MR) is 79.0 cm³/mol. The van der Waals surface area contributed by atoms with Crippen LogP contribution in [0.5, 0.6) is 0 Å². The van der Waals surface area contributed by atoms with E-state index in [0.717, 1.165) is 4.80 Å². The standard InChI is InChI=1S/C15H10ClFN4O/c16-12-7-3-1-5-10(12)15-18-20-21(19-15)9-14(22)11-6-2-4-8-13(11)17/h1-8H,9H2. The number of hydrogen-bond acceptors (Lipinski definition) is 4. The van der Waals surface area contributed by atoms with E-state index < -0.39 is 11.6 Å². The molecule has 0 aliphatic carbocycles. The Kier molecular flexibility index (Phi) is 3.93. The topological polar surface area (TPSA) is 60.7 Å². The summed E-state index contributed by atoms with van der Waals surface area (Å²) in [5, 5.41) is 12.3. The molecule has 2 aromatic carbocycles. The number of tetrazole rings is 1. The highest BCUT2D eigenvalue weighted by Crippen LogP contribution is 2.23. The van der Waals surface area contributed by atoms with Crippen LogP contribution in [0.25, 0.3) is 11.4 Å². The second kappa shape index (κ2) is 6.03. The largest absolute Gasteiger partial charge is 0.292 e. The van der Waals surface area contributed by atoms with Crippen LogP contribution in [0.15, 0.2) is 48.5 Å². The van der Waals surface area contributed by atoms with Gasteiger partial charge in [0.05, 0.1) is 10.6 Å².